The maximum absolute atomic E-state index is 5.40. The van der Waals surface area contributed by atoms with Crippen LogP contribution in [0.25, 0.3) is 0 Å². The molecule has 2 nitrogen and oxygen atoms in total. The van der Waals surface area contributed by atoms with Crippen LogP contribution in [0, 0.1) is 5.41 Å². The Bertz CT molecular complexity index is 345. The minimum absolute atomic E-state index is 0.496. The van der Waals surface area contributed by atoms with Gasteiger partial charge in [0.2, 0.25) is 0 Å². The highest BCUT2D eigenvalue weighted by atomic mass is 79.9. The maximum atomic E-state index is 5.40. The van der Waals surface area contributed by atoms with Crippen molar-refractivity contribution in [2.45, 2.75) is 52.1 Å². The molecule has 0 bridgehead atoms. The SMILES string of the molecule is CC1(C)CCCC(NCc2occc2Br)C1. The highest BCUT2D eigenvalue weighted by Crippen LogP contribution is 2.35. The zero-order valence-corrected chi connectivity index (χ0v) is 11.6. The van der Waals surface area contributed by atoms with E-state index in [0.29, 0.717) is 11.5 Å². The fourth-order valence-corrected chi connectivity index (χ4v) is 2.90. The van der Waals surface area contributed by atoms with Gasteiger partial charge in [0, 0.05) is 6.04 Å². The van der Waals surface area contributed by atoms with Crippen LogP contribution in [0.15, 0.2) is 21.2 Å². The van der Waals surface area contributed by atoms with Crippen LogP contribution in [0.1, 0.15) is 45.3 Å². The largest absolute Gasteiger partial charge is 0.467 e. The number of hydrogen-bond acceptors (Lipinski definition) is 2. The molecule has 16 heavy (non-hydrogen) atoms. The lowest BCUT2D eigenvalue weighted by molar-refractivity contribution is 0.195. The van der Waals surface area contributed by atoms with E-state index in [0.717, 1.165) is 16.8 Å². The Morgan fingerprint density at radius 3 is 3.00 bits per heavy atom. The van der Waals surface area contributed by atoms with Crippen LogP contribution >= 0.6 is 15.9 Å². The van der Waals surface area contributed by atoms with Crippen molar-refractivity contribution in [3.8, 4) is 0 Å². The predicted molar refractivity (Wildman–Crippen MR) is 69.3 cm³/mol. The predicted octanol–water partition coefficient (Wildman–Crippen LogP) is 4.10. The molecule has 1 aliphatic rings. The first-order valence-electron chi connectivity index (χ1n) is 6.02. The van der Waals surface area contributed by atoms with Gasteiger partial charge in [0.05, 0.1) is 17.3 Å². The summed E-state index contributed by atoms with van der Waals surface area (Å²) in [6, 6.07) is 2.59. The first-order chi connectivity index (χ1) is 7.57. The first-order valence-corrected chi connectivity index (χ1v) is 6.81. The summed E-state index contributed by atoms with van der Waals surface area (Å²) in [4.78, 5) is 0. The molecule has 0 radical (unpaired) electrons. The van der Waals surface area contributed by atoms with E-state index >= 15 is 0 Å². The average Bonchev–Trinajstić information content (AvgIpc) is 2.60. The van der Waals surface area contributed by atoms with Gasteiger partial charge in [-0.3, -0.25) is 0 Å². The Morgan fingerprint density at radius 1 is 1.56 bits per heavy atom. The van der Waals surface area contributed by atoms with Crippen molar-refractivity contribution in [2.24, 2.45) is 5.41 Å². The molecule has 90 valence electrons. The van der Waals surface area contributed by atoms with E-state index in [1.807, 2.05) is 6.07 Å². The van der Waals surface area contributed by atoms with Crippen molar-refractivity contribution < 1.29 is 4.42 Å². The minimum atomic E-state index is 0.496. The topological polar surface area (TPSA) is 25.2 Å². The molecule has 1 aromatic heterocycles. The zero-order valence-electron chi connectivity index (χ0n) is 10.1. The molecular formula is C13H20BrNO. The van der Waals surface area contributed by atoms with Crippen LogP contribution in [0.2, 0.25) is 0 Å². The van der Waals surface area contributed by atoms with Gasteiger partial charge in [-0.1, -0.05) is 20.3 Å². The van der Waals surface area contributed by atoms with Crippen LogP contribution in [0.4, 0.5) is 0 Å². The van der Waals surface area contributed by atoms with Crippen LogP contribution in [0.5, 0.6) is 0 Å². The Kier molecular flexibility index (Phi) is 3.75. The van der Waals surface area contributed by atoms with Crippen LogP contribution in [0.3, 0.4) is 0 Å². The molecule has 1 unspecified atom stereocenters. The lowest BCUT2D eigenvalue weighted by atomic mass is 9.75. The molecule has 0 aliphatic heterocycles. The van der Waals surface area contributed by atoms with Gasteiger partial charge in [-0.2, -0.15) is 0 Å². The fourth-order valence-electron chi connectivity index (χ4n) is 2.56. The molecule has 0 spiro atoms. The number of halogens is 1. The lowest BCUT2D eigenvalue weighted by Crippen LogP contribution is -2.36. The monoisotopic (exact) mass is 285 g/mol. The van der Waals surface area contributed by atoms with E-state index < -0.39 is 0 Å². The van der Waals surface area contributed by atoms with E-state index in [1.165, 1.54) is 25.7 Å². The van der Waals surface area contributed by atoms with Crippen LogP contribution < -0.4 is 5.32 Å². The first kappa shape index (κ1) is 12.2. The van der Waals surface area contributed by atoms with E-state index in [-0.39, 0.29) is 0 Å². The number of nitrogens with one attached hydrogen (secondary N) is 1. The fraction of sp³-hybridized carbons (Fsp3) is 0.692. The van der Waals surface area contributed by atoms with E-state index in [9.17, 15) is 0 Å². The lowest BCUT2D eigenvalue weighted by Gasteiger charge is -2.35. The molecule has 0 aromatic carbocycles. The second kappa shape index (κ2) is 4.92. The van der Waals surface area contributed by atoms with Gasteiger partial charge >= 0.3 is 0 Å². The third-order valence-corrected chi connectivity index (χ3v) is 4.15. The minimum Gasteiger partial charge on any atom is -0.467 e. The van der Waals surface area contributed by atoms with Gasteiger partial charge in [0.25, 0.3) is 0 Å². The average molecular weight is 286 g/mol. The molecule has 1 fully saturated rings. The Labute approximate surface area is 106 Å². The van der Waals surface area contributed by atoms with Crippen molar-refractivity contribution in [1.82, 2.24) is 5.32 Å². The van der Waals surface area contributed by atoms with Gasteiger partial charge in [0.1, 0.15) is 5.76 Å². The van der Waals surface area contributed by atoms with Crippen LogP contribution in [-0.4, -0.2) is 6.04 Å². The second-order valence-corrected chi connectivity index (χ2v) is 6.38. The normalized spacial score (nSPS) is 24.6. The molecule has 1 N–H and O–H groups in total. The second-order valence-electron chi connectivity index (χ2n) is 5.53. The highest BCUT2D eigenvalue weighted by Gasteiger charge is 2.27. The molecule has 1 atom stereocenters. The third-order valence-electron chi connectivity index (χ3n) is 3.45. The van der Waals surface area contributed by atoms with Crippen molar-refractivity contribution in [3.05, 3.63) is 22.6 Å². The summed E-state index contributed by atoms with van der Waals surface area (Å²) in [5.41, 5.74) is 0.496. The van der Waals surface area contributed by atoms with Crippen LogP contribution in [-0.2, 0) is 6.54 Å². The molecule has 1 aliphatic carbocycles. The van der Waals surface area contributed by atoms with E-state index in [1.54, 1.807) is 6.26 Å². The van der Waals surface area contributed by atoms with Gasteiger partial charge in [-0.05, 0) is 46.7 Å². The summed E-state index contributed by atoms with van der Waals surface area (Å²) in [6.07, 6.45) is 6.98. The van der Waals surface area contributed by atoms with Crippen molar-refractivity contribution >= 4 is 15.9 Å². The number of hydrogen-bond donors (Lipinski definition) is 1. The maximum Gasteiger partial charge on any atom is 0.131 e. The molecule has 3 heteroatoms. The van der Waals surface area contributed by atoms with Gasteiger partial charge in [-0.25, -0.2) is 0 Å². The molecule has 0 amide bonds. The van der Waals surface area contributed by atoms with Crippen molar-refractivity contribution in [3.63, 3.8) is 0 Å². The zero-order chi connectivity index (χ0) is 11.6. The van der Waals surface area contributed by atoms with Crippen molar-refractivity contribution in [2.75, 3.05) is 0 Å². The van der Waals surface area contributed by atoms with E-state index in [2.05, 4.69) is 35.1 Å². The summed E-state index contributed by atoms with van der Waals surface area (Å²) in [5, 5.41) is 3.60. The summed E-state index contributed by atoms with van der Waals surface area (Å²) >= 11 is 3.48. The number of rotatable bonds is 3. The Morgan fingerprint density at radius 2 is 2.38 bits per heavy atom. The Hall–Kier alpha value is -0.280. The number of furan rings is 1. The molecule has 1 saturated carbocycles. The standard InChI is InChI=1S/C13H20BrNO/c1-13(2)6-3-4-10(8-13)15-9-12-11(14)5-7-16-12/h5,7,10,15H,3-4,6,8-9H2,1-2H3. The summed E-state index contributed by atoms with van der Waals surface area (Å²) in [6.45, 7) is 5.56. The quantitative estimate of drug-likeness (QED) is 0.905. The molecule has 2 rings (SSSR count). The molecular weight excluding hydrogens is 266 g/mol. The smallest absolute Gasteiger partial charge is 0.131 e. The highest BCUT2D eigenvalue weighted by molar-refractivity contribution is 9.10. The summed E-state index contributed by atoms with van der Waals surface area (Å²) < 4.78 is 6.46. The van der Waals surface area contributed by atoms with E-state index in [4.69, 9.17) is 4.42 Å². The van der Waals surface area contributed by atoms with Gasteiger partial charge in [-0.15, -0.1) is 0 Å². The summed E-state index contributed by atoms with van der Waals surface area (Å²) in [5.74, 6) is 1.00. The third kappa shape index (κ3) is 3.11. The van der Waals surface area contributed by atoms with Crippen molar-refractivity contribution in [1.29, 1.82) is 0 Å². The summed E-state index contributed by atoms with van der Waals surface area (Å²) in [7, 11) is 0. The molecule has 0 saturated heterocycles. The Balaban J connectivity index is 1.84. The van der Waals surface area contributed by atoms with Gasteiger partial charge < -0.3 is 9.73 Å². The molecule has 1 heterocycles. The molecule has 1 aromatic rings. The van der Waals surface area contributed by atoms with Gasteiger partial charge in [0.15, 0.2) is 0 Å².